The van der Waals surface area contributed by atoms with Crippen LogP contribution in [0, 0.1) is 10.1 Å². The fraction of sp³-hybridized carbons (Fsp3) is 0.182. The zero-order valence-corrected chi connectivity index (χ0v) is 17.5. The van der Waals surface area contributed by atoms with Crippen LogP contribution < -0.4 is 19.5 Å². The van der Waals surface area contributed by atoms with Crippen molar-refractivity contribution in [2.75, 3.05) is 7.11 Å². The van der Waals surface area contributed by atoms with E-state index in [9.17, 15) is 19.7 Å². The Morgan fingerprint density at radius 3 is 2.50 bits per heavy atom. The van der Waals surface area contributed by atoms with Crippen molar-refractivity contribution in [2.45, 2.75) is 19.8 Å². The third kappa shape index (κ3) is 4.72. The third-order valence-corrected chi connectivity index (χ3v) is 5.45. The first-order valence-corrected chi connectivity index (χ1v) is 9.99. The van der Waals surface area contributed by atoms with E-state index in [1.165, 1.54) is 12.1 Å². The third-order valence-electron chi connectivity index (χ3n) is 4.49. The van der Waals surface area contributed by atoms with Crippen LogP contribution in [-0.2, 0) is 0 Å². The van der Waals surface area contributed by atoms with Gasteiger partial charge in [-0.1, -0.05) is 26.0 Å². The van der Waals surface area contributed by atoms with Crippen LogP contribution in [0.25, 0.3) is 12.2 Å². The minimum atomic E-state index is -0.419. The molecule has 0 aliphatic rings. The van der Waals surface area contributed by atoms with Gasteiger partial charge >= 0.3 is 0 Å². The van der Waals surface area contributed by atoms with Gasteiger partial charge in [0.2, 0.25) is 0 Å². The van der Waals surface area contributed by atoms with E-state index in [1.54, 1.807) is 49.6 Å². The molecule has 3 aromatic rings. The molecule has 3 rings (SSSR count). The summed E-state index contributed by atoms with van der Waals surface area (Å²) in [6.07, 6.45) is 2.94. The number of aromatic nitrogens is 1. The summed E-state index contributed by atoms with van der Waals surface area (Å²) in [5.74, 6) is 0.402. The van der Waals surface area contributed by atoms with Gasteiger partial charge in [0.15, 0.2) is 5.78 Å². The lowest BCUT2D eigenvalue weighted by molar-refractivity contribution is -0.385. The summed E-state index contributed by atoms with van der Waals surface area (Å²) in [5, 5.41) is 11.4. The van der Waals surface area contributed by atoms with Crippen LogP contribution in [-0.4, -0.2) is 22.8 Å². The highest BCUT2D eigenvalue weighted by Crippen LogP contribution is 2.27. The molecule has 30 heavy (non-hydrogen) atoms. The van der Waals surface area contributed by atoms with Crippen molar-refractivity contribution in [1.29, 1.82) is 0 Å². The largest absolute Gasteiger partial charge is 0.497 e. The average molecular weight is 424 g/mol. The Labute approximate surface area is 176 Å². The van der Waals surface area contributed by atoms with E-state index in [0.29, 0.717) is 31.6 Å². The minimum Gasteiger partial charge on any atom is -0.497 e. The molecule has 0 saturated carbocycles. The summed E-state index contributed by atoms with van der Waals surface area (Å²) in [5.41, 5.74) is 1.32. The quantitative estimate of drug-likeness (QED) is 0.372. The van der Waals surface area contributed by atoms with E-state index >= 15 is 0 Å². The molecule has 1 N–H and O–H groups in total. The van der Waals surface area contributed by atoms with Crippen molar-refractivity contribution in [1.82, 2.24) is 4.98 Å². The number of thiazole rings is 1. The first-order chi connectivity index (χ1) is 14.3. The Morgan fingerprint density at radius 2 is 1.90 bits per heavy atom. The van der Waals surface area contributed by atoms with E-state index in [4.69, 9.17) is 4.74 Å². The average Bonchev–Trinajstić information content (AvgIpc) is 3.06. The van der Waals surface area contributed by atoms with E-state index in [2.05, 4.69) is 4.98 Å². The van der Waals surface area contributed by atoms with Crippen LogP contribution in [0.4, 0.5) is 5.69 Å². The highest BCUT2D eigenvalue weighted by Gasteiger charge is 2.16. The van der Waals surface area contributed by atoms with E-state index in [0.717, 1.165) is 11.3 Å². The fourth-order valence-corrected chi connectivity index (χ4v) is 3.82. The Bertz CT molecular complexity index is 1270. The van der Waals surface area contributed by atoms with Gasteiger partial charge in [0.05, 0.1) is 21.2 Å². The van der Waals surface area contributed by atoms with E-state index in [-0.39, 0.29) is 22.9 Å². The summed E-state index contributed by atoms with van der Waals surface area (Å²) in [7, 11) is 1.54. The number of rotatable bonds is 6. The van der Waals surface area contributed by atoms with Crippen LogP contribution in [0.3, 0.4) is 0 Å². The number of carbonyl (C=O) groups is 1. The van der Waals surface area contributed by atoms with E-state index in [1.807, 2.05) is 13.8 Å². The number of nitro benzene ring substituents is 1. The maximum atomic E-state index is 12.4. The molecule has 0 spiro atoms. The van der Waals surface area contributed by atoms with Crippen LogP contribution in [0.2, 0.25) is 0 Å². The number of hydrogen-bond acceptors (Lipinski definition) is 6. The topological polar surface area (TPSA) is 102 Å². The molecule has 8 heteroatoms. The molecule has 154 valence electrons. The monoisotopic (exact) mass is 424 g/mol. The van der Waals surface area contributed by atoms with Gasteiger partial charge in [-0.15, -0.1) is 11.3 Å². The maximum Gasteiger partial charge on any atom is 0.273 e. The molecule has 0 saturated heterocycles. The summed E-state index contributed by atoms with van der Waals surface area (Å²) < 4.78 is 5.83. The molecule has 0 atom stereocenters. The number of aromatic amines is 1. The smallest absolute Gasteiger partial charge is 0.273 e. The number of hydrogen-bond donors (Lipinski definition) is 1. The van der Waals surface area contributed by atoms with Gasteiger partial charge in [-0.3, -0.25) is 19.7 Å². The predicted octanol–water partition coefficient (Wildman–Crippen LogP) is 2.97. The molecule has 0 aliphatic heterocycles. The number of benzene rings is 2. The molecule has 0 bridgehead atoms. The second-order valence-electron chi connectivity index (χ2n) is 6.90. The zero-order valence-electron chi connectivity index (χ0n) is 16.7. The van der Waals surface area contributed by atoms with Crippen molar-refractivity contribution in [2.24, 2.45) is 0 Å². The first-order valence-electron chi connectivity index (χ1n) is 9.18. The van der Waals surface area contributed by atoms with Gasteiger partial charge in [0, 0.05) is 23.3 Å². The molecule has 0 aliphatic carbocycles. The van der Waals surface area contributed by atoms with Gasteiger partial charge in [0.25, 0.3) is 11.2 Å². The normalized spacial score (nSPS) is 12.4. The number of methoxy groups -OCH3 is 1. The number of carbonyl (C=O) groups excluding carboxylic acids is 1. The van der Waals surface area contributed by atoms with Gasteiger partial charge in [0.1, 0.15) is 5.75 Å². The predicted molar refractivity (Wildman–Crippen MR) is 117 cm³/mol. The van der Waals surface area contributed by atoms with E-state index < -0.39 is 4.92 Å². The molecule has 1 aromatic heterocycles. The second kappa shape index (κ2) is 8.87. The van der Waals surface area contributed by atoms with Crippen LogP contribution >= 0.6 is 11.3 Å². The number of H-pyrrole nitrogens is 1. The zero-order chi connectivity index (χ0) is 21.8. The van der Waals surface area contributed by atoms with Crippen LogP contribution in [0.5, 0.6) is 5.75 Å². The van der Waals surface area contributed by atoms with Gasteiger partial charge < -0.3 is 9.72 Å². The molecule has 7 nitrogen and oxygen atoms in total. The van der Waals surface area contributed by atoms with Crippen molar-refractivity contribution in [3.63, 3.8) is 0 Å². The van der Waals surface area contributed by atoms with Crippen molar-refractivity contribution in [3.05, 3.63) is 88.8 Å². The number of Topliss-reactive ketones (excluding diaryl/α,β-unsaturated/α-hetero) is 1. The summed E-state index contributed by atoms with van der Waals surface area (Å²) >= 11 is 1.12. The Balaban J connectivity index is 1.97. The van der Waals surface area contributed by atoms with Gasteiger partial charge in [-0.25, -0.2) is 0 Å². The van der Waals surface area contributed by atoms with Gasteiger partial charge in [-0.05, 0) is 41.8 Å². The van der Waals surface area contributed by atoms with Crippen LogP contribution in [0.15, 0.2) is 47.3 Å². The van der Waals surface area contributed by atoms with Crippen LogP contribution in [0.1, 0.15) is 41.3 Å². The Morgan fingerprint density at radius 1 is 1.20 bits per heavy atom. The maximum absolute atomic E-state index is 12.4. The lowest BCUT2D eigenvalue weighted by atomic mass is 9.99. The molecule has 1 heterocycles. The molecule has 0 fully saturated rings. The van der Waals surface area contributed by atoms with Crippen molar-refractivity contribution < 1.29 is 14.5 Å². The van der Waals surface area contributed by atoms with Crippen molar-refractivity contribution in [3.8, 4) is 5.75 Å². The summed E-state index contributed by atoms with van der Waals surface area (Å²) in [6.45, 7) is 3.77. The lowest BCUT2D eigenvalue weighted by Crippen LogP contribution is -2.20. The number of nitro groups is 1. The standard InChI is InChI=1S/C22H20N2O5S/c1-13(2)17-9-4-14(10-18(17)24(27)28)11-20-22(26)23-21(30-20)12-19(25)15-5-7-16(29-3)8-6-15/h4-13H,1-3H3,(H,23,26)/b20-11+,21-12+. The van der Waals surface area contributed by atoms with Gasteiger partial charge in [-0.2, -0.15) is 0 Å². The molecular weight excluding hydrogens is 404 g/mol. The van der Waals surface area contributed by atoms with Crippen molar-refractivity contribution >= 4 is 35.0 Å². The molecule has 0 amide bonds. The Hall–Kier alpha value is -3.52. The number of ketones is 1. The second-order valence-corrected chi connectivity index (χ2v) is 7.98. The summed E-state index contributed by atoms with van der Waals surface area (Å²) in [6, 6.07) is 11.6. The lowest BCUT2D eigenvalue weighted by Gasteiger charge is -2.06. The molecule has 0 unspecified atom stereocenters. The molecule has 0 radical (unpaired) electrons. The number of ether oxygens (including phenoxy) is 1. The minimum absolute atomic E-state index is 0.00904. The first kappa shape index (κ1) is 21.2. The highest BCUT2D eigenvalue weighted by atomic mass is 32.1. The summed E-state index contributed by atoms with van der Waals surface area (Å²) in [4.78, 5) is 38.3. The Kier molecular flexibility index (Phi) is 6.27. The highest BCUT2D eigenvalue weighted by molar-refractivity contribution is 7.07. The SMILES string of the molecule is COc1ccc(C(=O)/C=c2\[nH]c(=O)/c(=C\c3ccc(C(C)C)c([N+](=O)[O-])c3)s2)cc1. The molecule has 2 aromatic carbocycles. The fourth-order valence-electron chi connectivity index (χ4n) is 2.93. The molecular formula is C22H20N2O5S. The number of nitrogens with zero attached hydrogens (tertiary/aromatic N) is 1. The number of nitrogens with one attached hydrogen (secondary N) is 1.